The van der Waals surface area contributed by atoms with E-state index in [1.54, 1.807) is 6.07 Å². The van der Waals surface area contributed by atoms with Gasteiger partial charge in [0, 0.05) is 23.9 Å². The predicted molar refractivity (Wildman–Crippen MR) is 92.1 cm³/mol. The Balaban J connectivity index is 1.87. The van der Waals surface area contributed by atoms with Crippen molar-refractivity contribution in [3.8, 4) is 5.75 Å². The third kappa shape index (κ3) is 1.68. The maximum Gasteiger partial charge on any atom is 0.211 e. The highest BCUT2D eigenvalue weighted by Crippen LogP contribution is 2.54. The molecule has 0 aliphatic carbocycles. The van der Waals surface area contributed by atoms with Gasteiger partial charge in [-0.2, -0.15) is 0 Å². The molecule has 0 radical (unpaired) electrons. The Morgan fingerprint density at radius 1 is 1.13 bits per heavy atom. The van der Waals surface area contributed by atoms with Crippen LogP contribution in [-0.4, -0.2) is 19.1 Å². The summed E-state index contributed by atoms with van der Waals surface area (Å²) >= 11 is 0. The van der Waals surface area contributed by atoms with E-state index in [0.717, 1.165) is 17.6 Å². The topological polar surface area (TPSA) is 29.5 Å². The van der Waals surface area contributed by atoms with Crippen molar-refractivity contribution >= 4 is 18.0 Å². The second-order valence-corrected chi connectivity index (χ2v) is 6.75. The van der Waals surface area contributed by atoms with E-state index in [9.17, 15) is 4.79 Å². The first-order valence-corrected chi connectivity index (χ1v) is 7.80. The monoisotopic (exact) mass is 305 g/mol. The number of hydrogen-bond acceptors (Lipinski definition) is 3. The molecule has 0 aromatic heterocycles. The molecule has 4 rings (SSSR count). The maximum absolute atomic E-state index is 11.0. The SMILES string of the molecule is CN1c2ccccc2C(C)(C)[C@]12C=Cc1cc(C=O)ccc1O2. The largest absolute Gasteiger partial charge is 0.463 e. The predicted octanol–water partition coefficient (Wildman–Crippen LogP) is 4.03. The van der Waals surface area contributed by atoms with E-state index in [2.05, 4.69) is 62.2 Å². The van der Waals surface area contributed by atoms with Gasteiger partial charge in [-0.05, 0) is 55.8 Å². The molecule has 3 nitrogen and oxygen atoms in total. The van der Waals surface area contributed by atoms with Crippen molar-refractivity contribution in [2.24, 2.45) is 0 Å². The molecule has 0 N–H and O–H groups in total. The Hall–Kier alpha value is -2.55. The lowest BCUT2D eigenvalue weighted by molar-refractivity contribution is 0.0581. The number of nitrogens with zero attached hydrogens (tertiary/aromatic N) is 1. The van der Waals surface area contributed by atoms with Crippen LogP contribution in [0.2, 0.25) is 0 Å². The molecule has 0 unspecified atom stereocenters. The average Bonchev–Trinajstić information content (AvgIpc) is 2.74. The Morgan fingerprint density at radius 2 is 1.91 bits per heavy atom. The molecule has 1 atom stereocenters. The van der Waals surface area contributed by atoms with E-state index in [1.807, 2.05) is 12.1 Å². The molecule has 2 aromatic rings. The minimum Gasteiger partial charge on any atom is -0.463 e. The van der Waals surface area contributed by atoms with Crippen molar-refractivity contribution in [2.45, 2.75) is 25.0 Å². The number of carbonyl (C=O) groups is 1. The minimum absolute atomic E-state index is 0.199. The summed E-state index contributed by atoms with van der Waals surface area (Å²) in [4.78, 5) is 13.2. The number of anilines is 1. The van der Waals surface area contributed by atoms with Gasteiger partial charge in [-0.15, -0.1) is 0 Å². The lowest BCUT2D eigenvalue weighted by Gasteiger charge is -2.45. The minimum atomic E-state index is -0.563. The van der Waals surface area contributed by atoms with Crippen molar-refractivity contribution in [1.82, 2.24) is 0 Å². The molecule has 0 saturated heterocycles. The van der Waals surface area contributed by atoms with E-state index < -0.39 is 5.72 Å². The highest BCUT2D eigenvalue weighted by atomic mass is 16.5. The zero-order valence-corrected chi connectivity index (χ0v) is 13.5. The van der Waals surface area contributed by atoms with Gasteiger partial charge in [0.2, 0.25) is 5.72 Å². The number of fused-ring (bicyclic) bond motifs is 2. The van der Waals surface area contributed by atoms with Crippen LogP contribution < -0.4 is 9.64 Å². The number of rotatable bonds is 1. The molecular formula is C20H19NO2. The summed E-state index contributed by atoms with van der Waals surface area (Å²) in [5.41, 5.74) is 3.31. The average molecular weight is 305 g/mol. The van der Waals surface area contributed by atoms with Crippen LogP contribution in [0, 0.1) is 0 Å². The number of ether oxygens (including phenoxy) is 1. The highest BCUT2D eigenvalue weighted by molar-refractivity contribution is 5.79. The van der Waals surface area contributed by atoms with Crippen LogP contribution in [0.3, 0.4) is 0 Å². The summed E-state index contributed by atoms with van der Waals surface area (Å²) in [6.45, 7) is 4.43. The Labute approximate surface area is 136 Å². The molecule has 2 aliphatic heterocycles. The summed E-state index contributed by atoms with van der Waals surface area (Å²) in [5.74, 6) is 0.811. The first-order chi connectivity index (χ1) is 11.0. The third-order valence-corrected chi connectivity index (χ3v) is 5.26. The van der Waals surface area contributed by atoms with Gasteiger partial charge in [0.05, 0.1) is 5.41 Å². The van der Waals surface area contributed by atoms with Gasteiger partial charge >= 0.3 is 0 Å². The smallest absolute Gasteiger partial charge is 0.211 e. The second kappa shape index (κ2) is 4.48. The second-order valence-electron chi connectivity index (χ2n) is 6.75. The summed E-state index contributed by atoms with van der Waals surface area (Å²) in [5, 5.41) is 0. The van der Waals surface area contributed by atoms with Crippen LogP contribution in [0.1, 0.15) is 35.3 Å². The van der Waals surface area contributed by atoms with Crippen LogP contribution in [-0.2, 0) is 5.41 Å². The highest BCUT2D eigenvalue weighted by Gasteiger charge is 2.57. The Kier molecular flexibility index (Phi) is 2.74. The number of hydrogen-bond donors (Lipinski definition) is 0. The fourth-order valence-corrected chi connectivity index (χ4v) is 3.87. The van der Waals surface area contributed by atoms with Gasteiger partial charge in [-0.25, -0.2) is 0 Å². The van der Waals surface area contributed by atoms with Crippen molar-refractivity contribution in [3.05, 3.63) is 65.2 Å². The normalized spacial score (nSPS) is 23.3. The molecule has 0 fully saturated rings. The molecule has 3 heteroatoms. The van der Waals surface area contributed by atoms with Crippen LogP contribution in [0.5, 0.6) is 5.75 Å². The van der Waals surface area contributed by atoms with E-state index in [1.165, 1.54) is 11.3 Å². The molecular weight excluding hydrogens is 286 g/mol. The molecule has 2 aliphatic rings. The Bertz CT molecular complexity index is 837. The summed E-state index contributed by atoms with van der Waals surface area (Å²) in [7, 11) is 2.07. The quantitative estimate of drug-likeness (QED) is 0.745. The van der Waals surface area contributed by atoms with Crippen molar-refractivity contribution < 1.29 is 9.53 Å². The zero-order valence-electron chi connectivity index (χ0n) is 13.5. The molecule has 2 heterocycles. The van der Waals surface area contributed by atoms with Crippen LogP contribution in [0.4, 0.5) is 5.69 Å². The van der Waals surface area contributed by atoms with Crippen molar-refractivity contribution in [1.29, 1.82) is 0 Å². The van der Waals surface area contributed by atoms with Gasteiger partial charge in [0.25, 0.3) is 0 Å². The van der Waals surface area contributed by atoms with Gasteiger partial charge in [0.1, 0.15) is 12.0 Å². The zero-order chi connectivity index (χ0) is 16.2. The fraction of sp³-hybridized carbons (Fsp3) is 0.250. The van der Waals surface area contributed by atoms with Gasteiger partial charge < -0.3 is 9.64 Å². The summed E-state index contributed by atoms with van der Waals surface area (Å²) in [6.07, 6.45) is 5.04. The number of para-hydroxylation sites is 1. The van der Waals surface area contributed by atoms with Crippen LogP contribution in [0.15, 0.2) is 48.5 Å². The summed E-state index contributed by atoms with van der Waals surface area (Å²) < 4.78 is 6.51. The lowest BCUT2D eigenvalue weighted by atomic mass is 9.76. The van der Waals surface area contributed by atoms with Gasteiger partial charge in [0.15, 0.2) is 0 Å². The third-order valence-electron chi connectivity index (χ3n) is 5.26. The molecule has 2 aromatic carbocycles. The molecule has 23 heavy (non-hydrogen) atoms. The van der Waals surface area contributed by atoms with E-state index in [-0.39, 0.29) is 5.41 Å². The van der Waals surface area contributed by atoms with Crippen molar-refractivity contribution in [3.63, 3.8) is 0 Å². The van der Waals surface area contributed by atoms with Crippen LogP contribution in [0.25, 0.3) is 6.08 Å². The first-order valence-electron chi connectivity index (χ1n) is 7.80. The number of benzene rings is 2. The maximum atomic E-state index is 11.0. The lowest BCUT2D eigenvalue weighted by Crippen LogP contribution is -2.58. The Morgan fingerprint density at radius 3 is 2.65 bits per heavy atom. The van der Waals surface area contributed by atoms with Crippen molar-refractivity contribution in [2.75, 3.05) is 11.9 Å². The number of likely N-dealkylation sites (N-methyl/N-ethyl adjacent to an activating group) is 1. The standard InChI is InChI=1S/C20H19NO2/c1-19(2)16-6-4-5-7-17(16)21(3)20(19)11-10-15-12-14(13-22)8-9-18(15)23-20/h4-13H,1-3H3/t20-/m1/s1. The summed E-state index contributed by atoms with van der Waals surface area (Å²) in [6, 6.07) is 14.0. The first kappa shape index (κ1) is 14.1. The molecule has 0 amide bonds. The van der Waals surface area contributed by atoms with Gasteiger partial charge in [-0.1, -0.05) is 18.2 Å². The molecule has 1 spiro atoms. The van der Waals surface area contributed by atoms with Crippen LogP contribution >= 0.6 is 0 Å². The van der Waals surface area contributed by atoms with E-state index >= 15 is 0 Å². The van der Waals surface area contributed by atoms with E-state index in [0.29, 0.717) is 5.56 Å². The molecule has 116 valence electrons. The molecule has 0 bridgehead atoms. The number of aldehydes is 1. The number of carbonyl (C=O) groups excluding carboxylic acids is 1. The van der Waals surface area contributed by atoms with E-state index in [4.69, 9.17) is 4.74 Å². The molecule has 0 saturated carbocycles. The fourth-order valence-electron chi connectivity index (χ4n) is 3.87. The van der Waals surface area contributed by atoms with Gasteiger partial charge in [-0.3, -0.25) is 4.79 Å².